The van der Waals surface area contributed by atoms with Crippen molar-refractivity contribution in [2.45, 2.75) is 135 Å². The quantitative estimate of drug-likeness (QED) is 0.203. The second kappa shape index (κ2) is 19.7. The second-order valence-electron chi connectivity index (χ2n) is 16.2. The van der Waals surface area contributed by atoms with Gasteiger partial charge < -0.3 is 42.1 Å². The van der Waals surface area contributed by atoms with E-state index in [0.717, 1.165) is 5.56 Å². The topological polar surface area (TPSA) is 229 Å². The summed E-state index contributed by atoms with van der Waals surface area (Å²) >= 11 is 0. The summed E-state index contributed by atoms with van der Waals surface area (Å²) in [6.45, 7) is 11.3. The summed E-state index contributed by atoms with van der Waals surface area (Å²) < 4.78 is 0. The zero-order valence-corrected chi connectivity index (χ0v) is 33.5. The molecule has 16 heteroatoms. The van der Waals surface area contributed by atoms with Crippen molar-refractivity contribution in [2.75, 3.05) is 13.1 Å². The highest BCUT2D eigenvalue weighted by molar-refractivity contribution is 6.00. The van der Waals surface area contributed by atoms with Gasteiger partial charge in [0.15, 0.2) is 0 Å². The van der Waals surface area contributed by atoms with E-state index >= 15 is 0 Å². The van der Waals surface area contributed by atoms with Gasteiger partial charge in [-0.1, -0.05) is 78.3 Å². The van der Waals surface area contributed by atoms with Crippen LogP contribution in [0.4, 0.5) is 0 Å². The molecule has 0 aromatic heterocycles. The molecule has 308 valence electrons. The Hall–Kier alpha value is -5.02. The normalized spacial score (nSPS) is 28.1. The predicted molar refractivity (Wildman–Crippen MR) is 207 cm³/mol. The van der Waals surface area contributed by atoms with Gasteiger partial charge in [-0.05, 0) is 55.4 Å². The van der Waals surface area contributed by atoms with Crippen molar-refractivity contribution >= 4 is 47.3 Å². The van der Waals surface area contributed by atoms with E-state index in [1.807, 2.05) is 33.8 Å². The summed E-state index contributed by atoms with van der Waals surface area (Å²) in [5.74, 6) is -6.07. The lowest BCUT2D eigenvalue weighted by Crippen LogP contribution is -2.61. The number of nitrogens with two attached hydrogens (primary N) is 1. The van der Waals surface area contributed by atoms with E-state index < -0.39 is 102 Å². The van der Waals surface area contributed by atoms with Crippen LogP contribution < -0.4 is 32.3 Å². The van der Waals surface area contributed by atoms with Crippen LogP contribution in [0.1, 0.15) is 92.1 Å². The third kappa shape index (κ3) is 11.1. The van der Waals surface area contributed by atoms with Crippen molar-refractivity contribution in [3.8, 4) is 0 Å². The lowest BCUT2D eigenvalue weighted by atomic mass is 9.95. The van der Waals surface area contributed by atoms with Crippen molar-refractivity contribution in [2.24, 2.45) is 23.5 Å². The van der Waals surface area contributed by atoms with Crippen LogP contribution in [-0.4, -0.2) is 112 Å². The highest BCUT2D eigenvalue weighted by Crippen LogP contribution is 2.23. The van der Waals surface area contributed by atoms with E-state index in [1.165, 1.54) is 9.80 Å². The minimum absolute atomic E-state index is 0.0315. The number of primary amides is 1. The Kier molecular flexibility index (Phi) is 15.4. The minimum atomic E-state index is -1.45. The average molecular weight is 781 g/mol. The molecule has 0 bridgehead atoms. The van der Waals surface area contributed by atoms with E-state index in [2.05, 4.69) is 26.6 Å². The summed E-state index contributed by atoms with van der Waals surface area (Å²) in [4.78, 5) is 113. The number of amides is 8. The monoisotopic (exact) mass is 780 g/mol. The zero-order chi connectivity index (χ0) is 41.3. The summed E-state index contributed by atoms with van der Waals surface area (Å²) in [7, 11) is 0. The number of carbonyl (C=O) groups is 8. The van der Waals surface area contributed by atoms with Gasteiger partial charge >= 0.3 is 0 Å². The fourth-order valence-corrected chi connectivity index (χ4v) is 7.69. The Morgan fingerprint density at radius 2 is 1.18 bits per heavy atom. The van der Waals surface area contributed by atoms with Gasteiger partial charge in [0.1, 0.15) is 42.3 Å². The van der Waals surface area contributed by atoms with Gasteiger partial charge in [0, 0.05) is 19.5 Å². The molecule has 8 atom stereocenters. The predicted octanol–water partition coefficient (Wildman–Crippen LogP) is 0.272. The molecule has 3 heterocycles. The molecule has 1 aromatic rings. The molecule has 0 radical (unpaired) electrons. The van der Waals surface area contributed by atoms with E-state index in [4.69, 9.17) is 5.73 Å². The molecule has 0 spiro atoms. The van der Waals surface area contributed by atoms with Crippen LogP contribution in [-0.2, 0) is 44.8 Å². The van der Waals surface area contributed by atoms with Crippen LogP contribution in [0.15, 0.2) is 30.3 Å². The van der Waals surface area contributed by atoms with Crippen LogP contribution in [0.25, 0.3) is 0 Å². The summed E-state index contributed by atoms with van der Waals surface area (Å²) in [5, 5.41) is 14.0. The molecule has 7 N–H and O–H groups in total. The van der Waals surface area contributed by atoms with Gasteiger partial charge in [-0.3, -0.25) is 38.4 Å². The van der Waals surface area contributed by atoms with Gasteiger partial charge in [-0.2, -0.15) is 0 Å². The van der Waals surface area contributed by atoms with Gasteiger partial charge in [-0.15, -0.1) is 0 Å². The zero-order valence-electron chi connectivity index (χ0n) is 33.5. The number of hydrogen-bond donors (Lipinski definition) is 6. The SMILES string of the molecule is CC[C@H](C)C1NC(=O)[C@H](Cc2ccccc2)NC(=O)[C@@H]2CCCN2C(=O)[C@H](CC(N)=O)NC(=O)[C@H](C(C)C)NC(=O)[C@@H]2CCCN2C(=O)[C@H](CC(C)C)NC1=O. The van der Waals surface area contributed by atoms with E-state index in [0.29, 0.717) is 25.7 Å². The van der Waals surface area contributed by atoms with Crippen molar-refractivity contribution in [1.29, 1.82) is 0 Å². The number of fused-ring (bicyclic) bond motifs is 2. The molecule has 8 amide bonds. The van der Waals surface area contributed by atoms with E-state index in [-0.39, 0.29) is 44.2 Å². The molecule has 3 saturated heterocycles. The smallest absolute Gasteiger partial charge is 0.246 e. The number of nitrogens with zero attached hydrogens (tertiary/aromatic N) is 2. The molecule has 3 fully saturated rings. The fourth-order valence-electron chi connectivity index (χ4n) is 7.69. The molecular weight excluding hydrogens is 720 g/mol. The van der Waals surface area contributed by atoms with Crippen LogP contribution in [0, 0.1) is 17.8 Å². The Morgan fingerprint density at radius 1 is 0.679 bits per heavy atom. The highest BCUT2D eigenvalue weighted by atomic mass is 16.2. The van der Waals surface area contributed by atoms with Gasteiger partial charge in [-0.25, -0.2) is 0 Å². The Labute approximate surface area is 329 Å². The molecule has 56 heavy (non-hydrogen) atoms. The average Bonchev–Trinajstić information content (AvgIpc) is 3.85. The van der Waals surface area contributed by atoms with Crippen LogP contribution in [0.3, 0.4) is 0 Å². The Bertz CT molecular complexity index is 1620. The first-order chi connectivity index (χ1) is 26.5. The molecule has 1 aromatic carbocycles. The number of carbonyl (C=O) groups excluding carboxylic acids is 8. The molecular formula is C40H60N8O8. The first kappa shape index (κ1) is 43.7. The van der Waals surface area contributed by atoms with Crippen LogP contribution in [0.5, 0.6) is 0 Å². The second-order valence-corrected chi connectivity index (χ2v) is 16.2. The molecule has 1 unspecified atom stereocenters. The van der Waals surface area contributed by atoms with Crippen molar-refractivity contribution in [3.05, 3.63) is 35.9 Å². The molecule has 3 aliphatic heterocycles. The Morgan fingerprint density at radius 3 is 1.71 bits per heavy atom. The van der Waals surface area contributed by atoms with Crippen LogP contribution >= 0.6 is 0 Å². The lowest BCUT2D eigenvalue weighted by molar-refractivity contribution is -0.144. The van der Waals surface area contributed by atoms with Crippen LogP contribution in [0.2, 0.25) is 0 Å². The molecule has 4 rings (SSSR count). The van der Waals surface area contributed by atoms with Crippen molar-refractivity contribution in [3.63, 3.8) is 0 Å². The summed E-state index contributed by atoms with van der Waals surface area (Å²) in [6, 6.07) is 1.17. The Balaban J connectivity index is 1.79. The molecule has 16 nitrogen and oxygen atoms in total. The van der Waals surface area contributed by atoms with Gasteiger partial charge in [0.2, 0.25) is 47.3 Å². The fraction of sp³-hybridized carbons (Fsp3) is 0.650. The number of benzene rings is 1. The standard InChI is InChI=1S/C40H60N8O8/c1-7-24(6)33-38(54)43-27(19-22(2)3)39(55)48-18-12-16-30(48)36(52)45-32(23(4)5)37(53)44-28(21-31(41)49)40(56)47-17-11-15-29(47)35(51)42-26(34(50)46-33)20-25-13-9-8-10-14-25/h8-10,13-14,22-24,26-30,32-33H,7,11-12,15-21H2,1-6H3,(H2,41,49)(H,42,51)(H,43,54)(H,44,53)(H,45,52)(H,46,50)/t24-,26-,27-,28-,29-,30-,32-,33?/m0/s1. The number of nitrogens with one attached hydrogen (secondary N) is 5. The van der Waals surface area contributed by atoms with Crippen molar-refractivity contribution in [1.82, 2.24) is 36.4 Å². The highest BCUT2D eigenvalue weighted by Gasteiger charge is 2.43. The largest absolute Gasteiger partial charge is 0.370 e. The number of rotatable bonds is 9. The summed E-state index contributed by atoms with van der Waals surface area (Å²) in [6.07, 6.45) is 1.78. The van der Waals surface area contributed by atoms with Crippen molar-refractivity contribution < 1.29 is 38.4 Å². The van der Waals surface area contributed by atoms with Gasteiger partial charge in [0.05, 0.1) is 6.42 Å². The minimum Gasteiger partial charge on any atom is -0.370 e. The van der Waals surface area contributed by atoms with Gasteiger partial charge in [0.25, 0.3) is 0 Å². The maximum Gasteiger partial charge on any atom is 0.246 e. The first-order valence-electron chi connectivity index (χ1n) is 20.0. The summed E-state index contributed by atoms with van der Waals surface area (Å²) in [5.41, 5.74) is 6.27. The van der Waals surface area contributed by atoms with E-state index in [1.54, 1.807) is 38.1 Å². The lowest BCUT2D eigenvalue weighted by Gasteiger charge is -2.32. The third-order valence-electron chi connectivity index (χ3n) is 11.0. The molecule has 0 aliphatic carbocycles. The maximum absolute atomic E-state index is 14.3. The number of hydrogen-bond acceptors (Lipinski definition) is 8. The van der Waals surface area contributed by atoms with E-state index in [9.17, 15) is 38.4 Å². The first-order valence-corrected chi connectivity index (χ1v) is 20.0. The third-order valence-corrected chi connectivity index (χ3v) is 11.0. The maximum atomic E-state index is 14.3. The molecule has 0 saturated carbocycles. The molecule has 3 aliphatic rings.